The predicted molar refractivity (Wildman–Crippen MR) is 77.6 cm³/mol. The van der Waals surface area contributed by atoms with Crippen LogP contribution in [0.2, 0.25) is 0 Å². The van der Waals surface area contributed by atoms with E-state index in [0.717, 1.165) is 11.3 Å². The summed E-state index contributed by atoms with van der Waals surface area (Å²) in [5, 5.41) is 10.8. The number of amides is 1. The Balaban J connectivity index is 1.86. The van der Waals surface area contributed by atoms with E-state index >= 15 is 0 Å². The lowest BCUT2D eigenvalue weighted by Crippen LogP contribution is -2.36. The molecule has 1 amide bonds. The van der Waals surface area contributed by atoms with Crippen LogP contribution in [0.3, 0.4) is 0 Å². The van der Waals surface area contributed by atoms with Gasteiger partial charge in [-0.25, -0.2) is 0 Å². The molecule has 1 aromatic heterocycles. The van der Waals surface area contributed by atoms with E-state index in [9.17, 15) is 9.90 Å². The highest BCUT2D eigenvalue weighted by atomic mass is 16.3. The zero-order chi connectivity index (χ0) is 14.6. The Labute approximate surface area is 123 Å². The largest absolute Gasteiger partial charge is 0.388 e. The highest BCUT2D eigenvalue weighted by molar-refractivity contribution is 5.99. The maximum atomic E-state index is 12.7. The van der Waals surface area contributed by atoms with Gasteiger partial charge in [-0.1, -0.05) is 30.3 Å². The van der Waals surface area contributed by atoms with Crippen LogP contribution in [0.15, 0.2) is 48.7 Å². The second-order valence-electron chi connectivity index (χ2n) is 6.04. The van der Waals surface area contributed by atoms with Gasteiger partial charge in [-0.2, -0.15) is 0 Å². The third-order valence-electron chi connectivity index (χ3n) is 4.54. The van der Waals surface area contributed by atoms with Crippen LogP contribution in [-0.4, -0.2) is 26.5 Å². The molecule has 2 aromatic rings. The highest BCUT2D eigenvalue weighted by Gasteiger charge is 2.56. The monoisotopic (exact) mass is 280 g/mol. The molecule has 2 aliphatic rings. The number of rotatable bonds is 1. The number of carbonyl (C=O) groups excluding carboxylic acids is 1. The van der Waals surface area contributed by atoms with Crippen LogP contribution in [0, 0.1) is 0 Å². The lowest BCUT2D eigenvalue weighted by molar-refractivity contribution is 0.0182. The SMILES string of the molecule is C[C@@]1(O)C[C@@H]2c3ncccc3C(=O)N2[C@H]1c1ccccc1. The van der Waals surface area contributed by atoms with Gasteiger partial charge in [-0.3, -0.25) is 9.78 Å². The van der Waals surface area contributed by atoms with E-state index in [1.165, 1.54) is 0 Å². The average molecular weight is 280 g/mol. The van der Waals surface area contributed by atoms with Crippen LogP contribution in [-0.2, 0) is 0 Å². The first kappa shape index (κ1) is 12.5. The van der Waals surface area contributed by atoms with Gasteiger partial charge in [0.2, 0.25) is 0 Å². The molecule has 0 unspecified atom stereocenters. The molecule has 1 aromatic carbocycles. The van der Waals surface area contributed by atoms with E-state index < -0.39 is 5.60 Å². The zero-order valence-electron chi connectivity index (χ0n) is 11.7. The van der Waals surface area contributed by atoms with Gasteiger partial charge in [-0.05, 0) is 24.6 Å². The fourth-order valence-electron chi connectivity index (χ4n) is 3.73. The van der Waals surface area contributed by atoms with Crippen molar-refractivity contribution in [3.63, 3.8) is 0 Å². The molecule has 4 nitrogen and oxygen atoms in total. The third kappa shape index (κ3) is 1.66. The molecule has 0 aliphatic carbocycles. The topological polar surface area (TPSA) is 53.4 Å². The van der Waals surface area contributed by atoms with Gasteiger partial charge in [0.05, 0.1) is 28.9 Å². The molecule has 0 saturated carbocycles. The van der Waals surface area contributed by atoms with E-state index in [2.05, 4.69) is 4.98 Å². The van der Waals surface area contributed by atoms with Gasteiger partial charge in [-0.15, -0.1) is 0 Å². The fraction of sp³-hybridized carbons (Fsp3) is 0.294. The normalized spacial score (nSPS) is 30.4. The Hall–Kier alpha value is -2.20. The van der Waals surface area contributed by atoms with Crippen LogP contribution < -0.4 is 0 Å². The molecule has 3 atom stereocenters. The Morgan fingerprint density at radius 3 is 2.76 bits per heavy atom. The lowest BCUT2D eigenvalue weighted by atomic mass is 9.89. The van der Waals surface area contributed by atoms with Crippen molar-refractivity contribution in [1.29, 1.82) is 0 Å². The summed E-state index contributed by atoms with van der Waals surface area (Å²) in [6.07, 6.45) is 2.22. The summed E-state index contributed by atoms with van der Waals surface area (Å²) in [5.41, 5.74) is 1.47. The fourth-order valence-corrected chi connectivity index (χ4v) is 3.73. The number of nitrogens with zero attached hydrogens (tertiary/aromatic N) is 2. The number of hydrogen-bond donors (Lipinski definition) is 1. The Bertz CT molecular complexity index is 712. The van der Waals surface area contributed by atoms with Crippen molar-refractivity contribution in [2.24, 2.45) is 0 Å². The van der Waals surface area contributed by atoms with Gasteiger partial charge in [0.15, 0.2) is 0 Å². The van der Waals surface area contributed by atoms with Crippen LogP contribution in [0.5, 0.6) is 0 Å². The summed E-state index contributed by atoms with van der Waals surface area (Å²) in [7, 11) is 0. The second kappa shape index (κ2) is 4.15. The number of carbonyl (C=O) groups is 1. The van der Waals surface area contributed by atoms with Crippen LogP contribution in [0.25, 0.3) is 0 Å². The molecule has 0 radical (unpaired) electrons. The van der Waals surface area contributed by atoms with E-state index in [0.29, 0.717) is 12.0 Å². The molecule has 1 N–H and O–H groups in total. The first-order valence-corrected chi connectivity index (χ1v) is 7.14. The summed E-state index contributed by atoms with van der Waals surface area (Å²) < 4.78 is 0. The average Bonchev–Trinajstić information content (AvgIpc) is 2.91. The van der Waals surface area contributed by atoms with Crippen LogP contribution >= 0.6 is 0 Å². The first-order chi connectivity index (χ1) is 10.1. The zero-order valence-corrected chi connectivity index (χ0v) is 11.7. The summed E-state index contributed by atoms with van der Waals surface area (Å²) in [5.74, 6) is -0.0327. The first-order valence-electron chi connectivity index (χ1n) is 7.14. The van der Waals surface area contributed by atoms with Crippen LogP contribution in [0.1, 0.15) is 47.0 Å². The summed E-state index contributed by atoms with van der Waals surface area (Å²) in [6, 6.07) is 12.9. The Morgan fingerprint density at radius 1 is 1.24 bits per heavy atom. The highest BCUT2D eigenvalue weighted by Crippen LogP contribution is 2.53. The smallest absolute Gasteiger partial charge is 0.256 e. The quantitative estimate of drug-likeness (QED) is 0.873. The second-order valence-corrected chi connectivity index (χ2v) is 6.04. The molecule has 4 rings (SSSR count). The predicted octanol–water partition coefficient (Wildman–Crippen LogP) is 2.47. The summed E-state index contributed by atoms with van der Waals surface area (Å²) in [6.45, 7) is 1.80. The molecule has 106 valence electrons. The summed E-state index contributed by atoms with van der Waals surface area (Å²) in [4.78, 5) is 18.9. The molecule has 4 heteroatoms. The van der Waals surface area contributed by atoms with Gasteiger partial charge in [0.1, 0.15) is 0 Å². The minimum absolute atomic E-state index is 0.0327. The van der Waals surface area contributed by atoms with Crippen LogP contribution in [0.4, 0.5) is 0 Å². The van der Waals surface area contributed by atoms with E-state index in [1.54, 1.807) is 24.1 Å². The van der Waals surface area contributed by atoms with Crippen molar-refractivity contribution in [2.75, 3.05) is 0 Å². The third-order valence-corrected chi connectivity index (χ3v) is 4.54. The Kier molecular flexibility index (Phi) is 2.48. The maximum Gasteiger partial charge on any atom is 0.256 e. The van der Waals surface area contributed by atoms with Gasteiger partial charge < -0.3 is 10.0 Å². The molecule has 3 heterocycles. The number of benzene rings is 1. The van der Waals surface area contributed by atoms with E-state index in [4.69, 9.17) is 0 Å². The molecule has 1 fully saturated rings. The van der Waals surface area contributed by atoms with Crippen molar-refractivity contribution in [3.05, 3.63) is 65.5 Å². The van der Waals surface area contributed by atoms with Gasteiger partial charge in [0, 0.05) is 12.6 Å². The Morgan fingerprint density at radius 2 is 2.00 bits per heavy atom. The standard InChI is InChI=1S/C17H16N2O2/c1-17(21)10-13-14-12(8-5-9-18-14)16(20)19(13)15(17)11-6-3-2-4-7-11/h2-9,13,15,21H,10H2,1H3/t13-,15+,17-/m1/s1. The molecule has 0 spiro atoms. The van der Waals surface area contributed by atoms with Crippen molar-refractivity contribution in [2.45, 2.75) is 31.0 Å². The van der Waals surface area contributed by atoms with Crippen molar-refractivity contribution < 1.29 is 9.90 Å². The molecule has 21 heavy (non-hydrogen) atoms. The van der Waals surface area contributed by atoms with Gasteiger partial charge >= 0.3 is 0 Å². The number of aromatic nitrogens is 1. The van der Waals surface area contributed by atoms with Crippen molar-refractivity contribution in [1.82, 2.24) is 9.88 Å². The minimum atomic E-state index is -0.948. The molecular formula is C17H16N2O2. The summed E-state index contributed by atoms with van der Waals surface area (Å²) >= 11 is 0. The molecule has 0 bridgehead atoms. The molecular weight excluding hydrogens is 264 g/mol. The van der Waals surface area contributed by atoms with Crippen molar-refractivity contribution >= 4 is 5.91 Å². The van der Waals surface area contributed by atoms with E-state index in [1.807, 2.05) is 36.4 Å². The van der Waals surface area contributed by atoms with Crippen molar-refractivity contribution in [3.8, 4) is 0 Å². The minimum Gasteiger partial charge on any atom is -0.388 e. The number of aliphatic hydroxyl groups is 1. The number of pyridine rings is 1. The maximum absolute atomic E-state index is 12.7. The van der Waals surface area contributed by atoms with Gasteiger partial charge in [0.25, 0.3) is 5.91 Å². The molecule has 1 saturated heterocycles. The molecule has 2 aliphatic heterocycles. The number of fused-ring (bicyclic) bond motifs is 3. The number of hydrogen-bond acceptors (Lipinski definition) is 3. The van der Waals surface area contributed by atoms with E-state index in [-0.39, 0.29) is 18.0 Å². The lowest BCUT2D eigenvalue weighted by Gasteiger charge is -2.31.